The number of aromatic nitrogens is 1. The van der Waals surface area contributed by atoms with E-state index >= 15 is 0 Å². The van der Waals surface area contributed by atoms with Gasteiger partial charge in [-0.1, -0.05) is 22.8 Å². The maximum atomic E-state index is 11.6. The largest absolute Gasteiger partial charge is 0.452 e. The van der Waals surface area contributed by atoms with E-state index < -0.39 is 23.4 Å². The summed E-state index contributed by atoms with van der Waals surface area (Å²) >= 11 is 5.69. The fourth-order valence-electron chi connectivity index (χ4n) is 1.73. The molecule has 1 aromatic heterocycles. The molecule has 1 amide bonds. The SMILES string of the molecule is Cc1cc(NC(=O)COC(=O)/C=C/c2ccc(Cl)c([N+](=O)[O-])c2)no1. The summed E-state index contributed by atoms with van der Waals surface area (Å²) in [6.45, 7) is 1.14. The highest BCUT2D eigenvalue weighted by Gasteiger charge is 2.12. The summed E-state index contributed by atoms with van der Waals surface area (Å²) in [5, 5.41) is 16.7. The smallest absolute Gasteiger partial charge is 0.331 e. The molecule has 10 heteroatoms. The Balaban J connectivity index is 1.87. The lowest BCUT2D eigenvalue weighted by Crippen LogP contribution is -2.20. The number of nitro benzene ring substituents is 1. The maximum Gasteiger partial charge on any atom is 0.331 e. The van der Waals surface area contributed by atoms with Gasteiger partial charge in [-0.15, -0.1) is 0 Å². The predicted octanol–water partition coefficient (Wildman–Crippen LogP) is 2.74. The first-order valence-electron chi connectivity index (χ1n) is 6.87. The molecule has 1 N–H and O–H groups in total. The Labute approximate surface area is 146 Å². The summed E-state index contributed by atoms with van der Waals surface area (Å²) in [6.07, 6.45) is 2.35. The van der Waals surface area contributed by atoms with E-state index in [1.807, 2.05) is 0 Å². The first-order chi connectivity index (χ1) is 11.8. The van der Waals surface area contributed by atoms with Gasteiger partial charge >= 0.3 is 5.97 Å². The minimum absolute atomic E-state index is 0.00973. The molecule has 0 atom stereocenters. The van der Waals surface area contributed by atoms with Crippen LogP contribution in [0.1, 0.15) is 11.3 Å². The van der Waals surface area contributed by atoms with Crippen LogP contribution in [0, 0.1) is 17.0 Å². The van der Waals surface area contributed by atoms with E-state index in [-0.39, 0.29) is 16.5 Å². The van der Waals surface area contributed by atoms with Gasteiger partial charge in [0.15, 0.2) is 12.4 Å². The van der Waals surface area contributed by atoms with Crippen LogP contribution in [0.3, 0.4) is 0 Å². The number of carbonyl (C=O) groups is 2. The zero-order valence-corrected chi connectivity index (χ0v) is 13.6. The highest BCUT2D eigenvalue weighted by molar-refractivity contribution is 6.32. The van der Waals surface area contributed by atoms with Crippen molar-refractivity contribution in [3.8, 4) is 0 Å². The fourth-order valence-corrected chi connectivity index (χ4v) is 1.91. The number of halogens is 1. The number of carbonyl (C=O) groups excluding carboxylic acids is 2. The molecule has 25 heavy (non-hydrogen) atoms. The number of hydrogen-bond acceptors (Lipinski definition) is 7. The van der Waals surface area contributed by atoms with Gasteiger partial charge in [-0.25, -0.2) is 4.79 Å². The summed E-state index contributed by atoms with van der Waals surface area (Å²) in [7, 11) is 0. The molecule has 0 bridgehead atoms. The van der Waals surface area contributed by atoms with Crippen molar-refractivity contribution in [3.05, 3.63) is 56.8 Å². The summed E-state index contributed by atoms with van der Waals surface area (Å²) in [4.78, 5) is 33.3. The molecule has 0 unspecified atom stereocenters. The molecule has 0 aliphatic heterocycles. The van der Waals surface area contributed by atoms with Crippen molar-refractivity contribution in [3.63, 3.8) is 0 Å². The number of benzene rings is 1. The van der Waals surface area contributed by atoms with Crippen LogP contribution in [-0.2, 0) is 14.3 Å². The molecule has 0 saturated heterocycles. The Bertz CT molecular complexity index is 846. The van der Waals surface area contributed by atoms with E-state index in [2.05, 4.69) is 10.5 Å². The highest BCUT2D eigenvalue weighted by atomic mass is 35.5. The normalized spacial score (nSPS) is 10.6. The lowest BCUT2D eigenvalue weighted by molar-refractivity contribution is -0.384. The highest BCUT2D eigenvalue weighted by Crippen LogP contribution is 2.25. The van der Waals surface area contributed by atoms with Crippen LogP contribution >= 0.6 is 11.6 Å². The molecule has 1 aromatic carbocycles. The van der Waals surface area contributed by atoms with Crippen LogP contribution in [0.2, 0.25) is 5.02 Å². The van der Waals surface area contributed by atoms with Crippen LogP contribution in [0.25, 0.3) is 6.08 Å². The minimum Gasteiger partial charge on any atom is -0.452 e. The molecule has 0 saturated carbocycles. The lowest BCUT2D eigenvalue weighted by atomic mass is 10.2. The second-order valence-corrected chi connectivity index (χ2v) is 5.19. The van der Waals surface area contributed by atoms with Crippen LogP contribution < -0.4 is 5.32 Å². The number of amides is 1. The van der Waals surface area contributed by atoms with Crippen molar-refractivity contribution in [1.82, 2.24) is 5.16 Å². The van der Waals surface area contributed by atoms with Gasteiger partial charge in [0, 0.05) is 18.2 Å². The second kappa shape index (κ2) is 8.06. The van der Waals surface area contributed by atoms with Crippen molar-refractivity contribution >= 4 is 41.1 Å². The first kappa shape index (κ1) is 18.1. The Morgan fingerprint density at radius 2 is 2.20 bits per heavy atom. The van der Waals surface area contributed by atoms with Crippen LogP contribution in [0.4, 0.5) is 11.5 Å². The number of hydrogen-bond donors (Lipinski definition) is 1. The summed E-state index contributed by atoms with van der Waals surface area (Å²) < 4.78 is 9.52. The third kappa shape index (κ3) is 5.43. The van der Waals surface area contributed by atoms with Gasteiger partial charge in [0.1, 0.15) is 10.8 Å². The Morgan fingerprint density at radius 1 is 1.44 bits per heavy atom. The van der Waals surface area contributed by atoms with E-state index in [1.165, 1.54) is 30.3 Å². The number of aryl methyl sites for hydroxylation is 1. The van der Waals surface area contributed by atoms with Gasteiger partial charge in [0.2, 0.25) is 0 Å². The quantitative estimate of drug-likeness (QED) is 0.361. The summed E-state index contributed by atoms with van der Waals surface area (Å²) in [5.74, 6) is -0.642. The molecule has 2 aromatic rings. The first-order valence-corrected chi connectivity index (χ1v) is 7.25. The molecule has 130 valence electrons. The number of esters is 1. The second-order valence-electron chi connectivity index (χ2n) is 4.78. The average molecular weight is 366 g/mol. The minimum atomic E-state index is -0.788. The number of anilines is 1. The monoisotopic (exact) mass is 365 g/mol. The molecule has 2 rings (SSSR count). The molecule has 0 fully saturated rings. The average Bonchev–Trinajstić information content (AvgIpc) is 2.96. The number of nitrogens with one attached hydrogen (secondary N) is 1. The molecule has 0 aliphatic rings. The van der Waals surface area contributed by atoms with E-state index in [0.717, 1.165) is 6.08 Å². The van der Waals surface area contributed by atoms with Crippen molar-refractivity contribution in [1.29, 1.82) is 0 Å². The molecule has 1 heterocycles. The summed E-state index contributed by atoms with van der Waals surface area (Å²) in [5.41, 5.74) is 0.107. The Hall–Kier alpha value is -3.20. The third-order valence-electron chi connectivity index (χ3n) is 2.82. The number of ether oxygens (including phenoxy) is 1. The summed E-state index contributed by atoms with van der Waals surface area (Å²) in [6, 6.07) is 5.57. The predicted molar refractivity (Wildman–Crippen MR) is 88.0 cm³/mol. The lowest BCUT2D eigenvalue weighted by Gasteiger charge is -2.02. The van der Waals surface area contributed by atoms with Crippen LogP contribution in [0.5, 0.6) is 0 Å². The van der Waals surface area contributed by atoms with Gasteiger partial charge in [0.25, 0.3) is 11.6 Å². The zero-order chi connectivity index (χ0) is 18.4. The molecule has 0 spiro atoms. The topological polar surface area (TPSA) is 125 Å². The molecule has 0 radical (unpaired) electrons. The Kier molecular flexibility index (Phi) is 5.85. The Morgan fingerprint density at radius 3 is 2.84 bits per heavy atom. The van der Waals surface area contributed by atoms with Crippen LogP contribution in [0.15, 0.2) is 34.9 Å². The number of nitrogens with zero attached hydrogens (tertiary/aromatic N) is 2. The van der Waals surface area contributed by atoms with Crippen molar-refractivity contribution in [2.75, 3.05) is 11.9 Å². The van der Waals surface area contributed by atoms with Crippen molar-refractivity contribution in [2.45, 2.75) is 6.92 Å². The molecular weight excluding hydrogens is 354 g/mol. The fraction of sp³-hybridized carbons (Fsp3) is 0.133. The number of rotatable bonds is 6. The van der Waals surface area contributed by atoms with E-state index in [0.29, 0.717) is 11.3 Å². The van der Waals surface area contributed by atoms with Gasteiger partial charge in [-0.05, 0) is 24.6 Å². The number of nitro groups is 1. The van der Waals surface area contributed by atoms with Gasteiger partial charge in [-0.2, -0.15) is 0 Å². The van der Waals surface area contributed by atoms with Gasteiger partial charge < -0.3 is 14.6 Å². The van der Waals surface area contributed by atoms with Crippen molar-refractivity contribution < 1.29 is 23.8 Å². The van der Waals surface area contributed by atoms with Gasteiger partial charge in [-0.3, -0.25) is 14.9 Å². The maximum absolute atomic E-state index is 11.6. The third-order valence-corrected chi connectivity index (χ3v) is 3.14. The van der Waals surface area contributed by atoms with Gasteiger partial charge in [0.05, 0.1) is 4.92 Å². The molecular formula is C15H12ClN3O6. The van der Waals surface area contributed by atoms with E-state index in [1.54, 1.807) is 6.92 Å². The zero-order valence-electron chi connectivity index (χ0n) is 12.9. The van der Waals surface area contributed by atoms with E-state index in [9.17, 15) is 19.7 Å². The van der Waals surface area contributed by atoms with Crippen LogP contribution in [-0.4, -0.2) is 28.6 Å². The standard InChI is InChI=1S/C15H12ClN3O6/c1-9-6-13(18-25-9)17-14(20)8-24-15(21)5-3-10-2-4-11(16)12(7-10)19(22)23/h2-7H,8H2,1H3,(H,17,18,20)/b5-3+. The molecule has 0 aliphatic carbocycles. The van der Waals surface area contributed by atoms with E-state index in [4.69, 9.17) is 20.9 Å². The molecule has 9 nitrogen and oxygen atoms in total. The van der Waals surface area contributed by atoms with Crippen molar-refractivity contribution in [2.24, 2.45) is 0 Å².